The van der Waals surface area contributed by atoms with Crippen LogP contribution in [0, 0.1) is 0 Å². The summed E-state index contributed by atoms with van der Waals surface area (Å²) in [5.74, 6) is 1.42. The predicted octanol–water partition coefficient (Wildman–Crippen LogP) is 2.59. The highest BCUT2D eigenvalue weighted by atomic mass is 16.5. The Balaban J connectivity index is 2.09. The minimum Gasteiger partial charge on any atom is -0.493 e. The summed E-state index contributed by atoms with van der Waals surface area (Å²) in [6.45, 7) is 4.04. The third-order valence-corrected chi connectivity index (χ3v) is 5.08. The van der Waals surface area contributed by atoms with Crippen molar-refractivity contribution < 1.29 is 19.1 Å². The van der Waals surface area contributed by atoms with Gasteiger partial charge in [0.15, 0.2) is 11.5 Å². The summed E-state index contributed by atoms with van der Waals surface area (Å²) >= 11 is 0. The highest BCUT2D eigenvalue weighted by molar-refractivity contribution is 5.80. The average molecular weight is 362 g/mol. The maximum atomic E-state index is 12.2. The van der Waals surface area contributed by atoms with E-state index in [9.17, 15) is 9.59 Å². The Kier molecular flexibility index (Phi) is 6.89. The van der Waals surface area contributed by atoms with Gasteiger partial charge in [0.25, 0.3) is 0 Å². The fraction of sp³-hybridized carbons (Fsp3) is 0.600. The normalized spacial score (nSPS) is 20.4. The molecule has 1 aliphatic heterocycles. The lowest BCUT2D eigenvalue weighted by molar-refractivity contribution is -0.123. The summed E-state index contributed by atoms with van der Waals surface area (Å²) < 4.78 is 10.7. The van der Waals surface area contributed by atoms with E-state index in [2.05, 4.69) is 10.6 Å². The summed E-state index contributed by atoms with van der Waals surface area (Å²) in [4.78, 5) is 24.1. The molecule has 0 aliphatic carbocycles. The van der Waals surface area contributed by atoms with Crippen LogP contribution in [0.1, 0.15) is 51.5 Å². The van der Waals surface area contributed by atoms with E-state index in [4.69, 9.17) is 9.47 Å². The van der Waals surface area contributed by atoms with Crippen LogP contribution in [0.15, 0.2) is 18.2 Å². The number of benzene rings is 1. The number of rotatable bonds is 9. The van der Waals surface area contributed by atoms with E-state index in [1.807, 2.05) is 32.0 Å². The SMILES string of the molecule is CC[C@H](C)NC(=O)CC[C@]1(Cc2ccc(OC)c(OC)c2)CCC(=O)N1. The Morgan fingerprint density at radius 3 is 2.62 bits per heavy atom. The number of carbonyl (C=O) groups is 2. The van der Waals surface area contributed by atoms with Crippen LogP contribution in [-0.2, 0) is 16.0 Å². The molecule has 1 heterocycles. The second-order valence-electron chi connectivity index (χ2n) is 7.07. The molecule has 1 fully saturated rings. The van der Waals surface area contributed by atoms with Crippen LogP contribution in [0.3, 0.4) is 0 Å². The molecular weight excluding hydrogens is 332 g/mol. The number of hydrogen-bond acceptors (Lipinski definition) is 4. The van der Waals surface area contributed by atoms with Gasteiger partial charge in [-0.15, -0.1) is 0 Å². The largest absolute Gasteiger partial charge is 0.493 e. The Labute approximate surface area is 155 Å². The van der Waals surface area contributed by atoms with Gasteiger partial charge in [0.2, 0.25) is 11.8 Å². The number of nitrogens with one attached hydrogen (secondary N) is 2. The Morgan fingerprint density at radius 1 is 1.31 bits per heavy atom. The first-order valence-corrected chi connectivity index (χ1v) is 9.22. The molecule has 2 rings (SSSR count). The van der Waals surface area contributed by atoms with Crippen LogP contribution in [0.2, 0.25) is 0 Å². The van der Waals surface area contributed by atoms with Crippen molar-refractivity contribution >= 4 is 11.8 Å². The zero-order chi connectivity index (χ0) is 19.2. The third kappa shape index (κ3) is 5.13. The minimum absolute atomic E-state index is 0.0344. The van der Waals surface area contributed by atoms with E-state index in [-0.39, 0.29) is 23.4 Å². The van der Waals surface area contributed by atoms with Crippen molar-refractivity contribution in [3.63, 3.8) is 0 Å². The Morgan fingerprint density at radius 2 is 2.04 bits per heavy atom. The molecule has 0 spiro atoms. The van der Waals surface area contributed by atoms with Crippen LogP contribution >= 0.6 is 0 Å². The molecule has 0 unspecified atom stereocenters. The van der Waals surface area contributed by atoms with E-state index >= 15 is 0 Å². The van der Waals surface area contributed by atoms with Crippen LogP contribution in [0.4, 0.5) is 0 Å². The van der Waals surface area contributed by atoms with E-state index in [1.54, 1.807) is 14.2 Å². The van der Waals surface area contributed by atoms with E-state index in [1.165, 1.54) is 0 Å². The lowest BCUT2D eigenvalue weighted by atomic mass is 9.84. The zero-order valence-corrected chi connectivity index (χ0v) is 16.2. The molecule has 1 aromatic carbocycles. The highest BCUT2D eigenvalue weighted by Gasteiger charge is 2.38. The van der Waals surface area contributed by atoms with E-state index < -0.39 is 0 Å². The minimum atomic E-state index is -0.385. The lowest BCUT2D eigenvalue weighted by Crippen LogP contribution is -2.45. The van der Waals surface area contributed by atoms with Gasteiger partial charge in [0, 0.05) is 24.4 Å². The predicted molar refractivity (Wildman–Crippen MR) is 100 cm³/mol. The molecule has 2 amide bonds. The molecule has 0 saturated carbocycles. The first-order valence-electron chi connectivity index (χ1n) is 9.22. The van der Waals surface area contributed by atoms with Gasteiger partial charge in [0.1, 0.15) is 0 Å². The maximum absolute atomic E-state index is 12.2. The molecule has 1 saturated heterocycles. The second kappa shape index (κ2) is 8.92. The van der Waals surface area contributed by atoms with Crippen molar-refractivity contribution in [1.82, 2.24) is 10.6 Å². The molecule has 1 aliphatic rings. The number of hydrogen-bond donors (Lipinski definition) is 2. The van der Waals surface area contributed by atoms with Crippen molar-refractivity contribution in [1.29, 1.82) is 0 Å². The van der Waals surface area contributed by atoms with Crippen LogP contribution < -0.4 is 20.1 Å². The van der Waals surface area contributed by atoms with Gasteiger partial charge in [-0.1, -0.05) is 13.0 Å². The van der Waals surface area contributed by atoms with Gasteiger partial charge >= 0.3 is 0 Å². The summed E-state index contributed by atoms with van der Waals surface area (Å²) in [5.41, 5.74) is 0.663. The van der Waals surface area contributed by atoms with Gasteiger partial charge in [-0.3, -0.25) is 9.59 Å². The van der Waals surface area contributed by atoms with E-state index in [0.29, 0.717) is 37.2 Å². The first-order chi connectivity index (χ1) is 12.4. The Hall–Kier alpha value is -2.24. The summed E-state index contributed by atoms with van der Waals surface area (Å²) in [5, 5.41) is 6.10. The molecule has 1 aromatic rings. The van der Waals surface area contributed by atoms with Gasteiger partial charge < -0.3 is 20.1 Å². The smallest absolute Gasteiger partial charge is 0.220 e. The Bertz CT molecular complexity index is 647. The summed E-state index contributed by atoms with van der Waals surface area (Å²) in [6.07, 6.45) is 3.82. The molecule has 6 heteroatoms. The van der Waals surface area contributed by atoms with Crippen LogP contribution in [0.5, 0.6) is 11.5 Å². The average Bonchev–Trinajstić information content (AvgIpc) is 3.00. The summed E-state index contributed by atoms with van der Waals surface area (Å²) in [7, 11) is 3.21. The quantitative estimate of drug-likeness (QED) is 0.708. The van der Waals surface area contributed by atoms with Crippen molar-refractivity contribution in [2.45, 2.75) is 64.0 Å². The standard InChI is InChI=1S/C20H30N2O4/c1-5-14(2)21-18(23)8-10-20(11-9-19(24)22-20)13-15-6-7-16(25-3)17(12-15)26-4/h6-7,12,14H,5,8-11,13H2,1-4H3,(H,21,23)(H,22,24)/t14-,20+/m0/s1. The van der Waals surface area contributed by atoms with Gasteiger partial charge in [-0.25, -0.2) is 0 Å². The molecule has 6 nitrogen and oxygen atoms in total. The van der Waals surface area contributed by atoms with Crippen LogP contribution in [0.25, 0.3) is 0 Å². The first kappa shape index (κ1) is 20.1. The van der Waals surface area contributed by atoms with Crippen LogP contribution in [-0.4, -0.2) is 37.6 Å². The summed E-state index contributed by atoms with van der Waals surface area (Å²) in [6, 6.07) is 5.95. The topological polar surface area (TPSA) is 76.7 Å². The molecule has 2 atom stereocenters. The fourth-order valence-corrected chi connectivity index (χ4v) is 3.37. The molecule has 144 valence electrons. The maximum Gasteiger partial charge on any atom is 0.220 e. The van der Waals surface area contributed by atoms with Gasteiger partial charge in [-0.2, -0.15) is 0 Å². The molecule has 2 N–H and O–H groups in total. The van der Waals surface area contributed by atoms with Crippen molar-refractivity contribution in [2.75, 3.05) is 14.2 Å². The van der Waals surface area contributed by atoms with Gasteiger partial charge in [0.05, 0.1) is 14.2 Å². The van der Waals surface area contributed by atoms with Gasteiger partial charge in [-0.05, 0) is 50.3 Å². The molecule has 0 aromatic heterocycles. The number of amides is 2. The van der Waals surface area contributed by atoms with Crippen molar-refractivity contribution in [2.24, 2.45) is 0 Å². The molecule has 0 radical (unpaired) electrons. The second-order valence-corrected chi connectivity index (χ2v) is 7.07. The highest BCUT2D eigenvalue weighted by Crippen LogP contribution is 2.33. The molecular formula is C20H30N2O4. The number of carbonyl (C=O) groups excluding carboxylic acids is 2. The third-order valence-electron chi connectivity index (χ3n) is 5.08. The van der Waals surface area contributed by atoms with E-state index in [0.717, 1.165) is 18.4 Å². The molecule has 0 bridgehead atoms. The van der Waals surface area contributed by atoms with Crippen molar-refractivity contribution in [3.8, 4) is 11.5 Å². The number of ether oxygens (including phenoxy) is 2. The van der Waals surface area contributed by atoms with Crippen molar-refractivity contribution in [3.05, 3.63) is 23.8 Å². The lowest BCUT2D eigenvalue weighted by Gasteiger charge is -2.30. The monoisotopic (exact) mass is 362 g/mol. The zero-order valence-electron chi connectivity index (χ0n) is 16.2. The fourth-order valence-electron chi connectivity index (χ4n) is 3.37. The molecule has 26 heavy (non-hydrogen) atoms. The number of methoxy groups -OCH3 is 2.